The van der Waals surface area contributed by atoms with Crippen LogP contribution in [0.2, 0.25) is 0 Å². The Kier molecular flexibility index (Phi) is 5.22. The van der Waals surface area contributed by atoms with E-state index in [1.165, 1.54) is 0 Å². The first-order chi connectivity index (χ1) is 13.2. The first kappa shape index (κ1) is 17.8. The normalized spacial score (nSPS) is 16.0. The molecule has 0 radical (unpaired) electrons. The fraction of sp³-hybridized carbons (Fsp3) is 0.400. The van der Waals surface area contributed by atoms with E-state index in [0.29, 0.717) is 11.7 Å². The molecule has 2 N–H and O–H groups in total. The minimum absolute atomic E-state index is 0.0607. The fourth-order valence-corrected chi connectivity index (χ4v) is 3.73. The summed E-state index contributed by atoms with van der Waals surface area (Å²) in [6, 6.07) is 13.4. The predicted octanol–water partition coefficient (Wildman–Crippen LogP) is 2.10. The molecule has 1 aliphatic rings. The van der Waals surface area contributed by atoms with Gasteiger partial charge in [-0.2, -0.15) is 5.10 Å². The molecule has 1 aromatic carbocycles. The van der Waals surface area contributed by atoms with Gasteiger partial charge in [0.15, 0.2) is 0 Å². The molecule has 3 heterocycles. The average Bonchev–Trinajstić information content (AvgIpc) is 3.30. The molecule has 0 spiro atoms. The van der Waals surface area contributed by atoms with Gasteiger partial charge in [0.25, 0.3) is 0 Å². The van der Waals surface area contributed by atoms with Crippen LogP contribution in [0.3, 0.4) is 0 Å². The molecule has 1 fully saturated rings. The topological polar surface area (TPSA) is 87.3 Å². The lowest BCUT2D eigenvalue weighted by molar-refractivity contribution is 0.161. The summed E-state index contributed by atoms with van der Waals surface area (Å²) >= 11 is 0. The third-order valence-electron chi connectivity index (χ3n) is 5.19. The van der Waals surface area contributed by atoms with Crippen LogP contribution in [-0.2, 0) is 19.6 Å². The van der Waals surface area contributed by atoms with Gasteiger partial charge in [-0.05, 0) is 56.1 Å². The summed E-state index contributed by atoms with van der Waals surface area (Å²) < 4.78 is 7.25. The van der Waals surface area contributed by atoms with Crippen molar-refractivity contribution in [1.82, 2.24) is 19.7 Å². The second-order valence-electron chi connectivity index (χ2n) is 7.07. The second-order valence-corrected chi connectivity index (χ2v) is 7.07. The third kappa shape index (κ3) is 4.04. The van der Waals surface area contributed by atoms with Crippen molar-refractivity contribution in [3.8, 4) is 5.69 Å². The summed E-state index contributed by atoms with van der Waals surface area (Å²) in [6.45, 7) is 2.68. The molecule has 0 aliphatic carbocycles. The van der Waals surface area contributed by atoms with E-state index in [1.54, 1.807) is 4.57 Å². The molecule has 0 unspecified atom stereocenters. The van der Waals surface area contributed by atoms with E-state index in [2.05, 4.69) is 15.1 Å². The first-order valence-electron chi connectivity index (χ1n) is 9.35. The van der Waals surface area contributed by atoms with Crippen molar-refractivity contribution in [2.24, 2.45) is 5.92 Å². The highest BCUT2D eigenvalue weighted by atomic mass is 16.4. The number of aliphatic hydroxyl groups excluding tert-OH is 1. The molecule has 27 heavy (non-hydrogen) atoms. The van der Waals surface area contributed by atoms with Gasteiger partial charge in [0.2, 0.25) is 0 Å². The highest BCUT2D eigenvalue weighted by molar-refractivity contribution is 5.32. The number of rotatable bonds is 6. The van der Waals surface area contributed by atoms with Gasteiger partial charge in [-0.3, -0.25) is 4.90 Å². The molecule has 7 heteroatoms. The van der Waals surface area contributed by atoms with Gasteiger partial charge >= 0.3 is 5.69 Å². The molecule has 7 nitrogen and oxygen atoms in total. The molecule has 0 saturated carbocycles. The lowest BCUT2D eigenvalue weighted by Gasteiger charge is -2.31. The average molecular weight is 368 g/mol. The van der Waals surface area contributed by atoms with E-state index in [9.17, 15) is 4.79 Å². The Morgan fingerprint density at radius 1 is 1.11 bits per heavy atom. The van der Waals surface area contributed by atoms with Gasteiger partial charge in [0.1, 0.15) is 24.0 Å². The minimum Gasteiger partial charge on any atom is -0.462 e. The zero-order valence-corrected chi connectivity index (χ0v) is 15.2. The minimum atomic E-state index is -0.189. The lowest BCUT2D eigenvalue weighted by Crippen LogP contribution is -2.34. The molecule has 0 atom stereocenters. The highest BCUT2D eigenvalue weighted by Gasteiger charge is 2.23. The number of aromatic nitrogens is 3. The lowest BCUT2D eigenvalue weighted by atomic mass is 9.93. The second kappa shape index (κ2) is 7.94. The van der Waals surface area contributed by atoms with Crippen LogP contribution < -0.4 is 5.69 Å². The van der Waals surface area contributed by atoms with Crippen LogP contribution in [0.1, 0.15) is 30.2 Å². The summed E-state index contributed by atoms with van der Waals surface area (Å²) in [4.78, 5) is 14.5. The van der Waals surface area contributed by atoms with Gasteiger partial charge in [0.05, 0.1) is 12.2 Å². The van der Waals surface area contributed by atoms with Crippen molar-refractivity contribution in [2.75, 3.05) is 13.1 Å². The van der Waals surface area contributed by atoms with Gasteiger partial charge in [0, 0.05) is 6.42 Å². The van der Waals surface area contributed by atoms with Crippen LogP contribution in [0.25, 0.3) is 5.69 Å². The van der Waals surface area contributed by atoms with Crippen molar-refractivity contribution in [2.45, 2.75) is 32.4 Å². The van der Waals surface area contributed by atoms with E-state index >= 15 is 0 Å². The maximum atomic E-state index is 12.2. The van der Waals surface area contributed by atoms with Crippen LogP contribution in [-0.4, -0.2) is 37.9 Å². The number of furan rings is 1. The van der Waals surface area contributed by atoms with E-state index in [4.69, 9.17) is 9.52 Å². The Bertz CT molecular complexity index is 920. The number of H-pyrrole nitrogens is 1. The van der Waals surface area contributed by atoms with E-state index in [-0.39, 0.29) is 12.3 Å². The number of benzene rings is 1. The van der Waals surface area contributed by atoms with E-state index < -0.39 is 0 Å². The summed E-state index contributed by atoms with van der Waals surface area (Å²) in [6.07, 6.45) is 2.91. The van der Waals surface area contributed by atoms with Crippen LogP contribution >= 0.6 is 0 Å². The van der Waals surface area contributed by atoms with Crippen LogP contribution in [0.15, 0.2) is 51.7 Å². The number of piperidine rings is 1. The van der Waals surface area contributed by atoms with Gasteiger partial charge in [-0.25, -0.2) is 14.5 Å². The van der Waals surface area contributed by atoms with Crippen molar-refractivity contribution in [3.05, 3.63) is 70.3 Å². The highest BCUT2D eigenvalue weighted by Crippen LogP contribution is 2.23. The van der Waals surface area contributed by atoms with Crippen LogP contribution in [0.5, 0.6) is 0 Å². The van der Waals surface area contributed by atoms with Crippen LogP contribution in [0, 0.1) is 5.92 Å². The summed E-state index contributed by atoms with van der Waals surface area (Å²) in [7, 11) is 0. The van der Waals surface area contributed by atoms with Crippen molar-refractivity contribution >= 4 is 0 Å². The van der Waals surface area contributed by atoms with E-state index in [0.717, 1.165) is 56.2 Å². The molecule has 142 valence electrons. The quantitative estimate of drug-likeness (QED) is 0.696. The summed E-state index contributed by atoms with van der Waals surface area (Å²) in [5.41, 5.74) is 0.660. The maximum absolute atomic E-state index is 12.2. The largest absolute Gasteiger partial charge is 0.462 e. The standard InChI is InChI=1S/C20H24N4O3/c25-14-18-7-6-17(27-18)13-23-10-8-15(9-11-23)12-19-21-22-20(26)24(19)16-4-2-1-3-5-16/h1-7,15,25H,8-14H2,(H,22,26). The zero-order valence-electron chi connectivity index (χ0n) is 15.2. The first-order valence-corrected chi connectivity index (χ1v) is 9.35. The van der Waals surface area contributed by atoms with E-state index in [1.807, 2.05) is 42.5 Å². The molecule has 1 aliphatic heterocycles. The third-order valence-corrected chi connectivity index (χ3v) is 5.19. The Hall–Kier alpha value is -2.64. The molecular formula is C20H24N4O3. The van der Waals surface area contributed by atoms with Crippen molar-refractivity contribution in [3.63, 3.8) is 0 Å². The number of para-hydroxylation sites is 1. The SMILES string of the molecule is O=c1[nH]nc(CC2CCN(Cc3ccc(CO)o3)CC2)n1-c1ccccc1. The maximum Gasteiger partial charge on any atom is 0.347 e. The smallest absolute Gasteiger partial charge is 0.347 e. The number of aliphatic hydroxyl groups is 1. The molecule has 4 rings (SSSR count). The molecule has 2 aromatic heterocycles. The Morgan fingerprint density at radius 3 is 2.56 bits per heavy atom. The molecule has 3 aromatic rings. The van der Waals surface area contributed by atoms with Crippen molar-refractivity contribution < 1.29 is 9.52 Å². The Morgan fingerprint density at radius 2 is 1.85 bits per heavy atom. The number of aromatic amines is 1. The molecule has 1 saturated heterocycles. The summed E-state index contributed by atoms with van der Waals surface area (Å²) in [5.74, 6) is 2.80. The van der Waals surface area contributed by atoms with Crippen molar-refractivity contribution in [1.29, 1.82) is 0 Å². The Balaban J connectivity index is 1.37. The zero-order chi connectivity index (χ0) is 18.6. The van der Waals surface area contributed by atoms with Gasteiger partial charge < -0.3 is 9.52 Å². The van der Waals surface area contributed by atoms with Gasteiger partial charge in [-0.1, -0.05) is 18.2 Å². The number of hydrogen-bond acceptors (Lipinski definition) is 5. The summed E-state index contributed by atoms with van der Waals surface area (Å²) in [5, 5.41) is 15.9. The number of hydrogen-bond donors (Lipinski definition) is 2. The van der Waals surface area contributed by atoms with Crippen LogP contribution in [0.4, 0.5) is 0 Å². The fourth-order valence-electron chi connectivity index (χ4n) is 3.73. The molecule has 0 amide bonds. The predicted molar refractivity (Wildman–Crippen MR) is 101 cm³/mol. The monoisotopic (exact) mass is 368 g/mol. The molecule has 0 bridgehead atoms. The number of nitrogens with zero attached hydrogens (tertiary/aromatic N) is 3. The Labute approximate surface area is 157 Å². The number of nitrogens with one attached hydrogen (secondary N) is 1. The molecular weight excluding hydrogens is 344 g/mol. The van der Waals surface area contributed by atoms with Gasteiger partial charge in [-0.15, -0.1) is 0 Å². The number of likely N-dealkylation sites (tertiary alicyclic amines) is 1.